The molecule has 144 valence electrons. The molecule has 0 fully saturated rings. The largest absolute Gasteiger partial charge is 0.338 e. The summed E-state index contributed by atoms with van der Waals surface area (Å²) in [4.78, 5) is 36.1. The summed E-state index contributed by atoms with van der Waals surface area (Å²) in [6, 6.07) is 6.02. The number of Topliss-reactive ketones (excluding diaryl/α,β-unsaturated/α-hetero) is 1. The lowest BCUT2D eigenvalue weighted by Crippen LogP contribution is -2.28. The summed E-state index contributed by atoms with van der Waals surface area (Å²) in [5.74, 6) is 0.554. The Morgan fingerprint density at radius 1 is 1.07 bits per heavy atom. The summed E-state index contributed by atoms with van der Waals surface area (Å²) in [6.45, 7) is 3.75. The summed E-state index contributed by atoms with van der Waals surface area (Å²) in [5, 5.41) is 8.78. The summed E-state index contributed by atoms with van der Waals surface area (Å²) in [7, 11) is 0. The molecule has 8 nitrogen and oxygen atoms in total. The highest BCUT2D eigenvalue weighted by molar-refractivity contribution is 6.39. The van der Waals surface area contributed by atoms with Crippen LogP contribution in [0.25, 0.3) is 11.2 Å². The van der Waals surface area contributed by atoms with Crippen molar-refractivity contribution in [1.82, 2.24) is 20.3 Å². The second-order valence-electron chi connectivity index (χ2n) is 5.77. The van der Waals surface area contributed by atoms with Crippen molar-refractivity contribution in [3.05, 3.63) is 46.1 Å². The van der Waals surface area contributed by atoms with Gasteiger partial charge in [-0.1, -0.05) is 23.2 Å². The first kappa shape index (κ1) is 19.8. The van der Waals surface area contributed by atoms with Crippen LogP contribution in [0.5, 0.6) is 0 Å². The minimum Gasteiger partial charge on any atom is -0.338 e. The fraction of sp³-hybridized carbons (Fsp3) is 0.167. The Morgan fingerprint density at radius 2 is 1.75 bits per heavy atom. The number of ketones is 1. The molecule has 2 heterocycles. The predicted molar refractivity (Wildman–Crippen MR) is 110 cm³/mol. The molecule has 0 aliphatic carbocycles. The molecule has 3 N–H and O–H groups in total. The topological polar surface area (TPSA) is 109 Å². The average Bonchev–Trinajstić information content (AvgIpc) is 2.64. The molecule has 0 unspecified atom stereocenters. The van der Waals surface area contributed by atoms with Gasteiger partial charge in [-0.15, -0.1) is 0 Å². The van der Waals surface area contributed by atoms with Gasteiger partial charge in [0.2, 0.25) is 0 Å². The highest BCUT2D eigenvalue weighted by atomic mass is 35.5. The highest BCUT2D eigenvalue weighted by Gasteiger charge is 2.12. The monoisotopic (exact) mass is 418 g/mol. The lowest BCUT2D eigenvalue weighted by atomic mass is 10.1. The number of benzene rings is 1. The van der Waals surface area contributed by atoms with E-state index < -0.39 is 0 Å². The number of hydrogen-bond donors (Lipinski definition) is 3. The number of nitrogens with zero attached hydrogens (tertiary/aromatic N) is 3. The van der Waals surface area contributed by atoms with E-state index in [1.807, 2.05) is 6.92 Å². The lowest BCUT2D eigenvalue weighted by molar-refractivity contribution is 0.101. The number of fused-ring (bicyclic) bond motifs is 1. The van der Waals surface area contributed by atoms with Gasteiger partial charge in [0.25, 0.3) is 0 Å². The Balaban J connectivity index is 1.90. The SMILES string of the molecule is CCNC(=O)Nc1ccc2ncc(Nc3c(Cl)cc(C(C)=O)cc3Cl)nc2n1. The Kier molecular flexibility index (Phi) is 5.91. The molecule has 0 aliphatic heterocycles. The summed E-state index contributed by atoms with van der Waals surface area (Å²) in [5.41, 5.74) is 1.69. The van der Waals surface area contributed by atoms with Crippen LogP contribution in [0, 0.1) is 0 Å². The summed E-state index contributed by atoms with van der Waals surface area (Å²) in [6.07, 6.45) is 1.51. The number of aromatic nitrogens is 3. The number of halogens is 2. The van der Waals surface area contributed by atoms with Crippen LogP contribution < -0.4 is 16.0 Å². The quantitative estimate of drug-likeness (QED) is 0.529. The van der Waals surface area contributed by atoms with Crippen LogP contribution in [-0.4, -0.2) is 33.3 Å². The maximum atomic E-state index is 11.6. The van der Waals surface area contributed by atoms with Crippen molar-refractivity contribution in [3.63, 3.8) is 0 Å². The van der Waals surface area contributed by atoms with Crippen molar-refractivity contribution in [2.45, 2.75) is 13.8 Å². The molecule has 0 spiro atoms. The van der Waals surface area contributed by atoms with Gasteiger partial charge in [-0.05, 0) is 38.1 Å². The van der Waals surface area contributed by atoms with Crippen LogP contribution in [-0.2, 0) is 0 Å². The van der Waals surface area contributed by atoms with E-state index in [9.17, 15) is 9.59 Å². The van der Waals surface area contributed by atoms with E-state index in [0.717, 1.165) is 0 Å². The van der Waals surface area contributed by atoms with E-state index in [-0.39, 0.29) is 21.9 Å². The molecule has 1 aromatic carbocycles. The molecular weight excluding hydrogens is 403 g/mol. The van der Waals surface area contributed by atoms with Gasteiger partial charge in [-0.3, -0.25) is 10.1 Å². The zero-order valence-corrected chi connectivity index (χ0v) is 16.5. The lowest BCUT2D eigenvalue weighted by Gasteiger charge is -2.11. The number of carbonyl (C=O) groups is 2. The number of amides is 2. The van der Waals surface area contributed by atoms with Crippen molar-refractivity contribution in [1.29, 1.82) is 0 Å². The third-order valence-corrected chi connectivity index (χ3v) is 4.28. The number of rotatable bonds is 5. The van der Waals surface area contributed by atoms with E-state index in [2.05, 4.69) is 30.9 Å². The molecular formula is C18H16Cl2N6O2. The first-order valence-corrected chi connectivity index (χ1v) is 9.08. The predicted octanol–water partition coefficient (Wildman–Crippen LogP) is 4.42. The van der Waals surface area contributed by atoms with Gasteiger partial charge in [0, 0.05) is 12.1 Å². The first-order chi connectivity index (χ1) is 13.4. The second kappa shape index (κ2) is 8.37. The zero-order chi connectivity index (χ0) is 20.3. The zero-order valence-electron chi connectivity index (χ0n) is 15.0. The number of hydrogen-bond acceptors (Lipinski definition) is 6. The van der Waals surface area contributed by atoms with E-state index in [4.69, 9.17) is 23.2 Å². The van der Waals surface area contributed by atoms with Crippen LogP contribution in [0.4, 0.5) is 22.1 Å². The third-order valence-electron chi connectivity index (χ3n) is 3.69. The molecule has 0 bridgehead atoms. The fourth-order valence-corrected chi connectivity index (χ4v) is 2.95. The molecule has 0 aliphatic rings. The molecule has 0 saturated heterocycles. The number of pyridine rings is 1. The van der Waals surface area contributed by atoms with Gasteiger partial charge >= 0.3 is 6.03 Å². The average molecular weight is 419 g/mol. The Bertz CT molecular complexity index is 1050. The van der Waals surface area contributed by atoms with Gasteiger partial charge < -0.3 is 10.6 Å². The van der Waals surface area contributed by atoms with Gasteiger partial charge in [0.15, 0.2) is 17.2 Å². The van der Waals surface area contributed by atoms with Gasteiger partial charge in [0.1, 0.15) is 11.3 Å². The molecule has 10 heteroatoms. The minimum atomic E-state index is -0.360. The van der Waals surface area contributed by atoms with Crippen molar-refractivity contribution in [2.75, 3.05) is 17.2 Å². The fourth-order valence-electron chi connectivity index (χ4n) is 2.37. The Labute approximate surface area is 170 Å². The number of nitrogens with one attached hydrogen (secondary N) is 3. The first-order valence-electron chi connectivity index (χ1n) is 8.33. The maximum Gasteiger partial charge on any atom is 0.320 e. The standard InChI is InChI=1S/C18H16Cl2N6O2/c1-3-21-18(28)26-14-5-4-13-17(24-14)25-15(8-22-13)23-16-11(19)6-10(9(2)27)7-12(16)20/h4-8H,3H2,1-2H3,(H3,21,23,24,25,26,28). The highest BCUT2D eigenvalue weighted by Crippen LogP contribution is 2.34. The summed E-state index contributed by atoms with van der Waals surface area (Å²) < 4.78 is 0. The van der Waals surface area contributed by atoms with E-state index in [0.29, 0.717) is 40.6 Å². The Hall–Kier alpha value is -2.97. The molecule has 2 amide bonds. The van der Waals surface area contributed by atoms with Gasteiger partial charge in [0.05, 0.1) is 21.9 Å². The minimum absolute atomic E-state index is 0.141. The van der Waals surface area contributed by atoms with Crippen LogP contribution in [0.1, 0.15) is 24.2 Å². The maximum absolute atomic E-state index is 11.6. The van der Waals surface area contributed by atoms with E-state index in [1.165, 1.54) is 25.3 Å². The van der Waals surface area contributed by atoms with E-state index in [1.54, 1.807) is 12.1 Å². The number of carbonyl (C=O) groups excluding carboxylic acids is 2. The molecule has 3 aromatic rings. The van der Waals surface area contributed by atoms with Gasteiger partial charge in [-0.25, -0.2) is 19.7 Å². The normalized spacial score (nSPS) is 10.6. The van der Waals surface area contributed by atoms with Crippen molar-refractivity contribution < 1.29 is 9.59 Å². The third kappa shape index (κ3) is 4.47. The van der Waals surface area contributed by atoms with Crippen molar-refractivity contribution >= 4 is 63.5 Å². The summed E-state index contributed by atoms with van der Waals surface area (Å²) >= 11 is 12.5. The Morgan fingerprint density at radius 3 is 2.39 bits per heavy atom. The molecule has 0 radical (unpaired) electrons. The van der Waals surface area contributed by atoms with Crippen LogP contribution in [0.15, 0.2) is 30.5 Å². The van der Waals surface area contributed by atoms with Gasteiger partial charge in [-0.2, -0.15) is 0 Å². The van der Waals surface area contributed by atoms with Crippen molar-refractivity contribution in [2.24, 2.45) is 0 Å². The van der Waals surface area contributed by atoms with Crippen LogP contribution in [0.3, 0.4) is 0 Å². The molecule has 28 heavy (non-hydrogen) atoms. The number of anilines is 3. The molecule has 0 saturated carbocycles. The molecule has 3 rings (SSSR count). The molecule has 2 aromatic heterocycles. The van der Waals surface area contributed by atoms with Crippen molar-refractivity contribution in [3.8, 4) is 0 Å². The van der Waals surface area contributed by atoms with E-state index >= 15 is 0 Å². The number of urea groups is 1. The molecule has 0 atom stereocenters. The van der Waals surface area contributed by atoms with Crippen LogP contribution in [0.2, 0.25) is 10.0 Å². The second-order valence-corrected chi connectivity index (χ2v) is 6.59. The smallest absolute Gasteiger partial charge is 0.320 e. The van der Waals surface area contributed by atoms with Crippen LogP contribution >= 0.6 is 23.2 Å².